The van der Waals surface area contributed by atoms with Crippen LogP contribution in [0.25, 0.3) is 0 Å². The smallest absolute Gasteiger partial charge is 0.244 e. The Hall–Kier alpha value is -3.47. The van der Waals surface area contributed by atoms with Crippen molar-refractivity contribution in [3.05, 3.63) is 87.9 Å². The van der Waals surface area contributed by atoms with E-state index in [0.717, 1.165) is 42.0 Å². The number of amides is 2. The van der Waals surface area contributed by atoms with Gasteiger partial charge in [-0.25, -0.2) is 8.42 Å². The largest absolute Gasteiger partial charge is 0.486 e. The lowest BCUT2D eigenvalue weighted by molar-refractivity contribution is -0.140. The fourth-order valence-corrected chi connectivity index (χ4v) is 7.43. The third kappa shape index (κ3) is 8.27. The molecule has 3 aromatic carbocycles. The van der Waals surface area contributed by atoms with Gasteiger partial charge >= 0.3 is 0 Å². The van der Waals surface area contributed by atoms with E-state index >= 15 is 0 Å². The predicted octanol–water partition coefficient (Wildman–Crippen LogP) is 6.01. The Morgan fingerprint density at radius 2 is 1.59 bits per heavy atom. The number of carbonyl (C=O) groups excluding carboxylic acids is 2. The zero-order chi connectivity index (χ0) is 32.7. The van der Waals surface area contributed by atoms with Crippen LogP contribution in [0.3, 0.4) is 0 Å². The number of sulfonamides is 1. The van der Waals surface area contributed by atoms with Crippen molar-refractivity contribution >= 4 is 50.7 Å². The first-order valence-electron chi connectivity index (χ1n) is 15.6. The number of anilines is 1. The van der Waals surface area contributed by atoms with Gasteiger partial charge in [-0.05, 0) is 49.6 Å². The van der Waals surface area contributed by atoms with Crippen LogP contribution in [0.4, 0.5) is 5.69 Å². The Balaban J connectivity index is 1.55. The van der Waals surface area contributed by atoms with Crippen molar-refractivity contribution in [3.8, 4) is 11.5 Å². The number of nitrogens with one attached hydrogen (secondary N) is 1. The number of nitrogens with zero attached hydrogens (tertiary/aromatic N) is 2. The second-order valence-corrected chi connectivity index (χ2v) is 14.5. The molecule has 1 saturated carbocycles. The highest BCUT2D eigenvalue weighted by molar-refractivity contribution is 7.92. The first-order chi connectivity index (χ1) is 22.2. The van der Waals surface area contributed by atoms with E-state index in [1.807, 2.05) is 30.3 Å². The minimum Gasteiger partial charge on any atom is -0.486 e. The Kier molecular flexibility index (Phi) is 11.4. The van der Waals surface area contributed by atoms with Gasteiger partial charge in [-0.3, -0.25) is 13.9 Å². The van der Waals surface area contributed by atoms with Gasteiger partial charge < -0.3 is 19.7 Å². The molecular weight excluding hydrogens is 649 g/mol. The van der Waals surface area contributed by atoms with Crippen LogP contribution in [-0.4, -0.2) is 62.7 Å². The van der Waals surface area contributed by atoms with Crippen molar-refractivity contribution in [3.63, 3.8) is 0 Å². The zero-order valence-electron chi connectivity index (χ0n) is 25.8. The average molecular weight is 689 g/mol. The SMILES string of the molecule is CCS(=O)(=O)N(CC(=O)N(Cc1c(Cl)cccc1Cl)C(Cc1ccccc1)C(=O)NC1CCCCC1)c1ccc2c(c1)OCCO2. The monoisotopic (exact) mass is 687 g/mol. The summed E-state index contributed by atoms with van der Waals surface area (Å²) in [5.74, 6) is -0.256. The number of hydrogen-bond acceptors (Lipinski definition) is 6. The van der Waals surface area contributed by atoms with Crippen molar-refractivity contribution in [2.45, 2.75) is 64.1 Å². The standard InChI is InChI=1S/C34H39Cl2N3O6S/c1-2-46(42,43)39(26-16-17-31-32(21-26)45-19-18-44-31)23-33(40)38(22-27-28(35)14-9-15-29(27)36)30(20-24-10-5-3-6-11-24)34(41)37-25-12-7-4-8-13-25/h3,5-6,9-11,14-17,21,25,30H,2,4,7-8,12-13,18-20,22-23H2,1H3,(H,37,41). The van der Waals surface area contributed by atoms with Gasteiger partial charge in [-0.2, -0.15) is 0 Å². The number of carbonyl (C=O) groups is 2. The van der Waals surface area contributed by atoms with Crippen LogP contribution in [0.2, 0.25) is 10.0 Å². The molecule has 1 N–H and O–H groups in total. The molecule has 46 heavy (non-hydrogen) atoms. The fourth-order valence-electron chi connectivity index (χ4n) is 5.86. The number of ether oxygens (including phenoxy) is 2. The summed E-state index contributed by atoms with van der Waals surface area (Å²) in [4.78, 5) is 30.1. The van der Waals surface area contributed by atoms with Crippen LogP contribution in [0.5, 0.6) is 11.5 Å². The lowest BCUT2D eigenvalue weighted by atomic mass is 9.94. The van der Waals surface area contributed by atoms with Gasteiger partial charge in [0.15, 0.2) is 11.5 Å². The Bertz CT molecular complexity index is 1610. The summed E-state index contributed by atoms with van der Waals surface area (Å²) in [6, 6.07) is 18.3. The maximum atomic E-state index is 14.5. The number of benzene rings is 3. The lowest BCUT2D eigenvalue weighted by Crippen LogP contribution is -2.55. The maximum absolute atomic E-state index is 14.5. The highest BCUT2D eigenvalue weighted by Crippen LogP contribution is 2.35. The van der Waals surface area contributed by atoms with Crippen molar-refractivity contribution in [2.75, 3.05) is 29.8 Å². The summed E-state index contributed by atoms with van der Waals surface area (Å²) in [6.07, 6.45) is 5.09. The first-order valence-corrected chi connectivity index (χ1v) is 18.0. The summed E-state index contributed by atoms with van der Waals surface area (Å²) in [5.41, 5.74) is 1.56. The van der Waals surface area contributed by atoms with Crippen LogP contribution in [0.15, 0.2) is 66.7 Å². The summed E-state index contributed by atoms with van der Waals surface area (Å²) < 4.78 is 39.4. The molecule has 246 valence electrons. The lowest BCUT2D eigenvalue weighted by Gasteiger charge is -2.35. The molecular formula is C34H39Cl2N3O6S. The van der Waals surface area contributed by atoms with Crippen molar-refractivity contribution in [2.24, 2.45) is 0 Å². The molecule has 12 heteroatoms. The first kappa shape index (κ1) is 33.9. The van der Waals surface area contributed by atoms with Gasteiger partial charge in [-0.1, -0.05) is 78.9 Å². The molecule has 0 radical (unpaired) electrons. The van der Waals surface area contributed by atoms with E-state index in [4.69, 9.17) is 32.7 Å². The Labute approximate surface area is 280 Å². The van der Waals surface area contributed by atoms with Crippen LogP contribution >= 0.6 is 23.2 Å². The molecule has 0 saturated heterocycles. The molecule has 1 fully saturated rings. The average Bonchev–Trinajstić information content (AvgIpc) is 3.07. The van der Waals surface area contributed by atoms with E-state index in [2.05, 4.69) is 5.32 Å². The second kappa shape index (κ2) is 15.4. The van der Waals surface area contributed by atoms with Crippen LogP contribution in [0, 0.1) is 0 Å². The second-order valence-electron chi connectivity index (χ2n) is 11.5. The molecule has 0 spiro atoms. The molecule has 9 nitrogen and oxygen atoms in total. The van der Waals surface area contributed by atoms with Gasteiger partial charge in [0.05, 0.1) is 11.4 Å². The summed E-state index contributed by atoms with van der Waals surface area (Å²) in [7, 11) is -3.95. The Morgan fingerprint density at radius 1 is 0.913 bits per heavy atom. The maximum Gasteiger partial charge on any atom is 0.244 e. The quantitative estimate of drug-likeness (QED) is 0.250. The summed E-state index contributed by atoms with van der Waals surface area (Å²) in [5, 5.41) is 3.86. The molecule has 0 bridgehead atoms. The number of fused-ring (bicyclic) bond motifs is 1. The number of hydrogen-bond donors (Lipinski definition) is 1. The van der Waals surface area contributed by atoms with E-state index < -0.39 is 28.5 Å². The van der Waals surface area contributed by atoms with Gasteiger partial charge in [0.25, 0.3) is 0 Å². The fraction of sp³-hybridized carbons (Fsp3) is 0.412. The molecule has 1 atom stereocenters. The van der Waals surface area contributed by atoms with Crippen molar-refractivity contribution in [1.82, 2.24) is 10.2 Å². The molecule has 2 amide bonds. The van der Waals surface area contributed by atoms with Crippen molar-refractivity contribution in [1.29, 1.82) is 0 Å². The molecule has 5 rings (SSSR count). The Morgan fingerprint density at radius 3 is 2.26 bits per heavy atom. The number of halogens is 2. The normalized spacial score (nSPS) is 15.5. The molecule has 1 aliphatic carbocycles. The van der Waals surface area contributed by atoms with E-state index in [9.17, 15) is 18.0 Å². The van der Waals surface area contributed by atoms with Gasteiger partial charge in [0.2, 0.25) is 21.8 Å². The molecule has 1 aliphatic heterocycles. The molecule has 0 aromatic heterocycles. The molecule has 1 heterocycles. The summed E-state index contributed by atoms with van der Waals surface area (Å²) in [6.45, 7) is 1.56. The number of rotatable bonds is 12. The topological polar surface area (TPSA) is 105 Å². The van der Waals surface area contributed by atoms with Crippen LogP contribution < -0.4 is 19.1 Å². The predicted molar refractivity (Wildman–Crippen MR) is 180 cm³/mol. The van der Waals surface area contributed by atoms with Crippen molar-refractivity contribution < 1.29 is 27.5 Å². The molecule has 1 unspecified atom stereocenters. The van der Waals surface area contributed by atoms with Gasteiger partial charge in [-0.15, -0.1) is 0 Å². The molecule has 3 aromatic rings. The minimum absolute atomic E-state index is 0.00458. The third-order valence-corrected chi connectivity index (χ3v) is 10.9. The van der Waals surface area contributed by atoms with E-state index in [0.29, 0.717) is 40.3 Å². The highest BCUT2D eigenvalue weighted by Gasteiger charge is 2.35. The minimum atomic E-state index is -3.95. The zero-order valence-corrected chi connectivity index (χ0v) is 28.1. The van der Waals surface area contributed by atoms with Gasteiger partial charge in [0, 0.05) is 40.7 Å². The van der Waals surface area contributed by atoms with E-state index in [1.54, 1.807) is 36.4 Å². The van der Waals surface area contributed by atoms with Gasteiger partial charge in [0.1, 0.15) is 25.8 Å². The van der Waals surface area contributed by atoms with E-state index in [-0.39, 0.29) is 36.4 Å². The molecule has 2 aliphatic rings. The van der Waals surface area contributed by atoms with E-state index in [1.165, 1.54) is 11.8 Å². The highest BCUT2D eigenvalue weighted by atomic mass is 35.5. The summed E-state index contributed by atoms with van der Waals surface area (Å²) >= 11 is 13.2. The van der Waals surface area contributed by atoms with Crippen LogP contribution in [0.1, 0.15) is 50.2 Å². The third-order valence-electron chi connectivity index (χ3n) is 8.41. The van der Waals surface area contributed by atoms with Crippen LogP contribution in [-0.2, 0) is 32.6 Å².